The Labute approximate surface area is 348 Å². The van der Waals surface area contributed by atoms with E-state index in [0.29, 0.717) is 19.3 Å². The highest BCUT2D eigenvalue weighted by Gasteiger charge is 2.19. The van der Waals surface area contributed by atoms with Gasteiger partial charge >= 0.3 is 17.9 Å². The Morgan fingerprint density at radius 1 is 0.339 bits per heavy atom. The quantitative estimate of drug-likeness (QED) is 0.0264. The number of unbranched alkanes of at least 4 members (excludes halogenated alkanes) is 32. The molecule has 0 amide bonds. The molecule has 0 saturated heterocycles. The first-order valence-corrected chi connectivity index (χ1v) is 24.7. The molecule has 6 heteroatoms. The van der Waals surface area contributed by atoms with Crippen molar-refractivity contribution in [2.75, 3.05) is 13.2 Å². The van der Waals surface area contributed by atoms with E-state index in [0.717, 1.165) is 70.6 Å². The summed E-state index contributed by atoms with van der Waals surface area (Å²) in [6, 6.07) is 0. The topological polar surface area (TPSA) is 78.9 Å². The van der Waals surface area contributed by atoms with Gasteiger partial charge in [0.2, 0.25) is 0 Å². The maximum atomic E-state index is 12.7. The molecule has 1 unspecified atom stereocenters. The molecule has 1 atom stereocenters. The highest BCUT2D eigenvalue weighted by atomic mass is 16.6. The Kier molecular flexibility index (Phi) is 44.3. The smallest absolute Gasteiger partial charge is 0.306 e. The SMILES string of the molecule is CCC/C=C\CCCCCCCC(=O)OC(COC(=O)CCCCCCCCC)COC(=O)CCCCCCCCCCCCCCCCCCCCCCC. The molecular formula is C50H94O6. The summed E-state index contributed by atoms with van der Waals surface area (Å²) < 4.78 is 16.7. The van der Waals surface area contributed by atoms with Gasteiger partial charge in [-0.05, 0) is 38.5 Å². The molecule has 0 aromatic rings. The van der Waals surface area contributed by atoms with Gasteiger partial charge in [0.1, 0.15) is 13.2 Å². The summed E-state index contributed by atoms with van der Waals surface area (Å²) in [4.78, 5) is 37.6. The lowest BCUT2D eigenvalue weighted by Gasteiger charge is -2.18. The van der Waals surface area contributed by atoms with Crippen LogP contribution in [0.2, 0.25) is 0 Å². The van der Waals surface area contributed by atoms with E-state index in [1.165, 1.54) is 161 Å². The van der Waals surface area contributed by atoms with E-state index in [9.17, 15) is 14.4 Å². The monoisotopic (exact) mass is 791 g/mol. The van der Waals surface area contributed by atoms with Crippen molar-refractivity contribution in [1.82, 2.24) is 0 Å². The van der Waals surface area contributed by atoms with Crippen LogP contribution in [-0.4, -0.2) is 37.2 Å². The van der Waals surface area contributed by atoms with Crippen LogP contribution in [0.25, 0.3) is 0 Å². The van der Waals surface area contributed by atoms with Gasteiger partial charge < -0.3 is 14.2 Å². The molecule has 0 fully saturated rings. The zero-order valence-corrected chi connectivity index (χ0v) is 37.7. The molecule has 0 radical (unpaired) electrons. The molecule has 0 aliphatic carbocycles. The average molecular weight is 791 g/mol. The third kappa shape index (κ3) is 43.3. The fourth-order valence-electron chi connectivity index (χ4n) is 7.27. The highest BCUT2D eigenvalue weighted by Crippen LogP contribution is 2.16. The van der Waals surface area contributed by atoms with Crippen molar-refractivity contribution in [2.24, 2.45) is 0 Å². The maximum absolute atomic E-state index is 12.7. The lowest BCUT2D eigenvalue weighted by Crippen LogP contribution is -2.30. The van der Waals surface area contributed by atoms with Crippen LogP contribution in [0, 0.1) is 0 Å². The van der Waals surface area contributed by atoms with Crippen LogP contribution < -0.4 is 0 Å². The number of rotatable bonds is 45. The van der Waals surface area contributed by atoms with Crippen LogP contribution in [0.4, 0.5) is 0 Å². The summed E-state index contributed by atoms with van der Waals surface area (Å²) in [7, 11) is 0. The normalized spacial score (nSPS) is 12.0. The molecule has 0 heterocycles. The molecule has 0 aliphatic heterocycles. The van der Waals surface area contributed by atoms with E-state index in [2.05, 4.69) is 32.9 Å². The molecule has 6 nitrogen and oxygen atoms in total. The van der Waals surface area contributed by atoms with Crippen LogP contribution in [-0.2, 0) is 28.6 Å². The second-order valence-corrected chi connectivity index (χ2v) is 16.7. The summed E-state index contributed by atoms with van der Waals surface area (Å²) in [5, 5.41) is 0. The average Bonchev–Trinajstić information content (AvgIpc) is 3.19. The molecule has 0 spiro atoms. The molecule has 330 valence electrons. The molecule has 0 aromatic heterocycles. The third-order valence-corrected chi connectivity index (χ3v) is 11.0. The molecule has 0 rings (SSSR count). The number of hydrogen-bond donors (Lipinski definition) is 0. The van der Waals surface area contributed by atoms with E-state index in [1.807, 2.05) is 0 Å². The number of carbonyl (C=O) groups excluding carboxylic acids is 3. The van der Waals surface area contributed by atoms with Gasteiger partial charge in [-0.1, -0.05) is 226 Å². The van der Waals surface area contributed by atoms with Crippen molar-refractivity contribution >= 4 is 17.9 Å². The zero-order valence-electron chi connectivity index (χ0n) is 37.7. The second kappa shape index (κ2) is 45.8. The van der Waals surface area contributed by atoms with Gasteiger partial charge in [0, 0.05) is 19.3 Å². The Hall–Kier alpha value is -1.85. The molecule has 0 bridgehead atoms. The highest BCUT2D eigenvalue weighted by molar-refractivity contribution is 5.71. The van der Waals surface area contributed by atoms with Gasteiger partial charge in [0.15, 0.2) is 6.10 Å². The van der Waals surface area contributed by atoms with Crippen molar-refractivity contribution in [2.45, 2.75) is 277 Å². The minimum atomic E-state index is -0.765. The molecule has 0 N–H and O–H groups in total. The van der Waals surface area contributed by atoms with Crippen LogP contribution in [0.3, 0.4) is 0 Å². The predicted octanol–water partition coefficient (Wildman–Crippen LogP) is 15.8. The van der Waals surface area contributed by atoms with Gasteiger partial charge in [-0.2, -0.15) is 0 Å². The first kappa shape index (κ1) is 54.2. The van der Waals surface area contributed by atoms with Crippen LogP contribution in [0.5, 0.6) is 0 Å². The minimum absolute atomic E-state index is 0.0694. The van der Waals surface area contributed by atoms with Crippen LogP contribution in [0.1, 0.15) is 271 Å². The molecule has 0 saturated carbocycles. The van der Waals surface area contributed by atoms with Gasteiger partial charge in [-0.15, -0.1) is 0 Å². The van der Waals surface area contributed by atoms with Crippen molar-refractivity contribution in [3.05, 3.63) is 12.2 Å². The number of allylic oxidation sites excluding steroid dienone is 2. The van der Waals surface area contributed by atoms with E-state index < -0.39 is 6.10 Å². The molecule has 0 aromatic carbocycles. The third-order valence-electron chi connectivity index (χ3n) is 11.0. The lowest BCUT2D eigenvalue weighted by atomic mass is 10.0. The molecule has 0 aliphatic rings. The summed E-state index contributed by atoms with van der Waals surface area (Å²) in [6.07, 6.45) is 49.4. The number of esters is 3. The number of carbonyl (C=O) groups is 3. The Morgan fingerprint density at radius 2 is 0.625 bits per heavy atom. The van der Waals surface area contributed by atoms with E-state index in [4.69, 9.17) is 14.2 Å². The number of hydrogen-bond acceptors (Lipinski definition) is 6. The van der Waals surface area contributed by atoms with E-state index in [1.54, 1.807) is 0 Å². The first-order valence-electron chi connectivity index (χ1n) is 24.7. The van der Waals surface area contributed by atoms with Gasteiger partial charge in [0.05, 0.1) is 0 Å². The summed E-state index contributed by atoms with van der Waals surface area (Å²) in [5.74, 6) is -0.876. The van der Waals surface area contributed by atoms with Gasteiger partial charge in [-0.3, -0.25) is 14.4 Å². The largest absolute Gasteiger partial charge is 0.462 e. The van der Waals surface area contributed by atoms with Crippen LogP contribution >= 0.6 is 0 Å². The number of ether oxygens (including phenoxy) is 3. The Balaban J connectivity index is 4.10. The van der Waals surface area contributed by atoms with Crippen molar-refractivity contribution in [3.63, 3.8) is 0 Å². The first-order chi connectivity index (χ1) is 27.5. The molecule has 56 heavy (non-hydrogen) atoms. The van der Waals surface area contributed by atoms with E-state index >= 15 is 0 Å². The van der Waals surface area contributed by atoms with Crippen molar-refractivity contribution in [1.29, 1.82) is 0 Å². The van der Waals surface area contributed by atoms with Gasteiger partial charge in [-0.25, -0.2) is 0 Å². The van der Waals surface area contributed by atoms with Crippen LogP contribution in [0.15, 0.2) is 12.2 Å². The maximum Gasteiger partial charge on any atom is 0.306 e. The Bertz CT molecular complexity index is 870. The van der Waals surface area contributed by atoms with Crippen molar-refractivity contribution in [3.8, 4) is 0 Å². The fraction of sp³-hybridized carbons (Fsp3) is 0.900. The zero-order chi connectivity index (χ0) is 40.8. The molecular weight excluding hydrogens is 697 g/mol. The summed E-state index contributed by atoms with van der Waals surface area (Å²) >= 11 is 0. The predicted molar refractivity (Wildman–Crippen MR) is 238 cm³/mol. The van der Waals surface area contributed by atoms with E-state index in [-0.39, 0.29) is 31.1 Å². The summed E-state index contributed by atoms with van der Waals surface area (Å²) in [5.41, 5.74) is 0. The lowest BCUT2D eigenvalue weighted by molar-refractivity contribution is -0.167. The standard InChI is InChI=1S/C50H94O6/c1-4-7-10-13-16-18-20-21-22-23-24-25-26-27-28-29-30-32-34-37-40-43-49(52)55-46-47(45-54-48(51)42-39-36-33-15-12-9-6-3)56-50(53)44-41-38-35-31-19-17-14-11-8-5-2/h11,14,47H,4-10,12-13,15-46H2,1-3H3/b14-11-. The van der Waals surface area contributed by atoms with Gasteiger partial charge in [0.25, 0.3) is 0 Å². The minimum Gasteiger partial charge on any atom is -0.462 e. The second-order valence-electron chi connectivity index (χ2n) is 16.7. The fourth-order valence-corrected chi connectivity index (χ4v) is 7.27. The Morgan fingerprint density at radius 3 is 0.964 bits per heavy atom. The van der Waals surface area contributed by atoms with Crippen molar-refractivity contribution < 1.29 is 28.6 Å². The summed E-state index contributed by atoms with van der Waals surface area (Å²) in [6.45, 7) is 6.55.